The van der Waals surface area contributed by atoms with Gasteiger partial charge in [-0.1, -0.05) is 0 Å². The number of nitrogens with one attached hydrogen (secondary N) is 1. The summed E-state index contributed by atoms with van der Waals surface area (Å²) in [7, 11) is -4.54. The van der Waals surface area contributed by atoms with Crippen molar-refractivity contribution in [2.75, 3.05) is 0 Å². The lowest BCUT2D eigenvalue weighted by atomic mass is 10.1. The number of carboxylic acids is 1. The first-order valence-corrected chi connectivity index (χ1v) is 10.7. The molecule has 2 N–H and O–H groups in total. The van der Waals surface area contributed by atoms with E-state index in [0.717, 1.165) is 40.7 Å². The number of hydrogen-bond donors (Lipinski definition) is 2. The van der Waals surface area contributed by atoms with Crippen LogP contribution in [0, 0.1) is 6.92 Å². The van der Waals surface area contributed by atoms with E-state index in [0.29, 0.717) is 23.9 Å². The number of unbranched alkanes of at least 4 members (excludes halogenated alkanes) is 2. The number of aromatic nitrogens is 2. The average molecular weight is 416 g/mol. The summed E-state index contributed by atoms with van der Waals surface area (Å²) in [6.07, 6.45) is 2.41. The van der Waals surface area contributed by atoms with Crippen LogP contribution in [0.5, 0.6) is 0 Å². The molecular formula is C20H20N2O6S. The monoisotopic (exact) mass is 416 g/mol. The van der Waals surface area contributed by atoms with Crippen LogP contribution in [-0.2, 0) is 21.5 Å². The number of oxazole rings is 1. The van der Waals surface area contributed by atoms with E-state index in [9.17, 15) is 17.8 Å². The minimum atomic E-state index is -4.54. The Morgan fingerprint density at radius 1 is 1.14 bits per heavy atom. The van der Waals surface area contributed by atoms with Crippen LogP contribution >= 0.6 is 0 Å². The molecule has 2 aromatic carbocycles. The van der Waals surface area contributed by atoms with Gasteiger partial charge in [0.05, 0.1) is 17.3 Å². The van der Waals surface area contributed by atoms with Crippen LogP contribution in [0.2, 0.25) is 0 Å². The van der Waals surface area contributed by atoms with Gasteiger partial charge in [-0.3, -0.25) is 4.79 Å². The first kappa shape index (κ1) is 19.4. The van der Waals surface area contributed by atoms with Crippen molar-refractivity contribution >= 4 is 49.0 Å². The summed E-state index contributed by atoms with van der Waals surface area (Å²) in [5.41, 5.74) is 3.08. The Bertz CT molecular complexity index is 1350. The maximum absolute atomic E-state index is 11.4. The van der Waals surface area contributed by atoms with Crippen molar-refractivity contribution in [3.63, 3.8) is 0 Å². The third-order valence-electron chi connectivity index (χ3n) is 5.14. The van der Waals surface area contributed by atoms with E-state index in [-0.39, 0.29) is 11.3 Å². The van der Waals surface area contributed by atoms with E-state index >= 15 is 0 Å². The number of H-pyrrole nitrogens is 1. The molecule has 4 aromatic rings. The Kier molecular flexibility index (Phi) is 4.79. The van der Waals surface area contributed by atoms with Crippen molar-refractivity contribution in [3.05, 3.63) is 36.2 Å². The highest BCUT2D eigenvalue weighted by Crippen LogP contribution is 2.30. The molecule has 0 bridgehead atoms. The fourth-order valence-corrected chi connectivity index (χ4v) is 4.22. The molecule has 0 amide bonds. The van der Waals surface area contributed by atoms with Crippen LogP contribution in [0.1, 0.15) is 31.6 Å². The summed E-state index contributed by atoms with van der Waals surface area (Å²) < 4.78 is 42.1. The molecule has 0 aliphatic heterocycles. The second-order valence-electron chi connectivity index (χ2n) is 7.13. The van der Waals surface area contributed by atoms with Crippen molar-refractivity contribution in [2.45, 2.75) is 44.0 Å². The predicted molar refractivity (Wildman–Crippen MR) is 105 cm³/mol. The smallest absolute Gasteiger partial charge is 0.344 e. The van der Waals surface area contributed by atoms with Gasteiger partial charge in [0.15, 0.2) is 6.54 Å². The molecule has 2 heterocycles. The minimum Gasteiger partial charge on any atom is -0.744 e. The Morgan fingerprint density at radius 2 is 1.90 bits per heavy atom. The third-order valence-corrected chi connectivity index (χ3v) is 5.97. The van der Waals surface area contributed by atoms with E-state index < -0.39 is 16.1 Å². The number of benzene rings is 2. The fraction of sp³-hybridized carbons (Fsp3) is 0.300. The first-order valence-electron chi connectivity index (χ1n) is 9.30. The van der Waals surface area contributed by atoms with Crippen LogP contribution in [0.15, 0.2) is 39.6 Å². The van der Waals surface area contributed by atoms with E-state index in [1.807, 2.05) is 23.6 Å². The standard InChI is InChI=1S/C20H20N2O6S/c1-12-22(8-4-2-3-5-20(23)24)18-10-15-14-9-13(29(25,26)27)6-7-16(14)21-17(15)11-19(18)28-12/h6-7,9-11,21H,2-5,8H2,1H3,(H-,23,24,25,26,27). The van der Waals surface area contributed by atoms with Gasteiger partial charge in [-0.05, 0) is 31.0 Å². The first-order chi connectivity index (χ1) is 13.7. The normalized spacial score (nSPS) is 12.3. The molecule has 4 rings (SSSR count). The molecule has 2 aromatic heterocycles. The summed E-state index contributed by atoms with van der Waals surface area (Å²) in [6, 6.07) is 8.07. The lowest BCUT2D eigenvalue weighted by Gasteiger charge is -2.06. The van der Waals surface area contributed by atoms with Crippen molar-refractivity contribution in [1.29, 1.82) is 0 Å². The van der Waals surface area contributed by atoms with Crippen LogP contribution in [0.4, 0.5) is 0 Å². The molecule has 0 fully saturated rings. The SMILES string of the molecule is Cc1oc2cc3[nH]c4ccc(S(=O)(=O)[O-])cc4c3cc2[n+]1CCCCCC(=O)O. The van der Waals surface area contributed by atoms with Crippen LogP contribution < -0.4 is 4.57 Å². The summed E-state index contributed by atoms with van der Waals surface area (Å²) in [6.45, 7) is 2.55. The zero-order valence-corrected chi connectivity index (χ0v) is 16.6. The molecule has 29 heavy (non-hydrogen) atoms. The minimum absolute atomic E-state index is 0.163. The van der Waals surface area contributed by atoms with Gasteiger partial charge in [-0.15, -0.1) is 0 Å². The molecule has 8 nitrogen and oxygen atoms in total. The average Bonchev–Trinajstić information content (AvgIpc) is 3.14. The number of hydrogen-bond acceptors (Lipinski definition) is 5. The summed E-state index contributed by atoms with van der Waals surface area (Å²) in [4.78, 5) is 13.6. The third kappa shape index (κ3) is 3.70. The number of aromatic amines is 1. The van der Waals surface area contributed by atoms with Crippen molar-refractivity contribution in [3.8, 4) is 0 Å². The number of aryl methyl sites for hydroxylation is 2. The summed E-state index contributed by atoms with van der Waals surface area (Å²) in [5.74, 6) is -0.0539. The molecule has 0 saturated carbocycles. The molecule has 9 heteroatoms. The number of aliphatic carboxylic acids is 1. The van der Waals surface area contributed by atoms with Gasteiger partial charge >= 0.3 is 11.9 Å². The van der Waals surface area contributed by atoms with Crippen molar-refractivity contribution in [1.82, 2.24) is 4.98 Å². The lowest BCUT2D eigenvalue weighted by Crippen LogP contribution is -2.35. The highest BCUT2D eigenvalue weighted by Gasteiger charge is 2.21. The van der Waals surface area contributed by atoms with Gasteiger partial charge in [0.1, 0.15) is 10.1 Å². The number of carboxylic acid groups (broad SMARTS) is 1. The van der Waals surface area contributed by atoms with Gasteiger partial charge in [-0.2, -0.15) is 4.57 Å². The van der Waals surface area contributed by atoms with E-state index in [1.54, 1.807) is 6.07 Å². The molecule has 0 aliphatic rings. The van der Waals surface area contributed by atoms with Crippen LogP contribution in [-0.4, -0.2) is 29.0 Å². The molecule has 0 atom stereocenters. The van der Waals surface area contributed by atoms with Crippen molar-refractivity contribution < 1.29 is 31.9 Å². The van der Waals surface area contributed by atoms with E-state index in [2.05, 4.69) is 4.98 Å². The Labute approximate surface area is 166 Å². The predicted octanol–water partition coefficient (Wildman–Crippen LogP) is 3.21. The number of fused-ring (bicyclic) bond motifs is 4. The number of rotatable bonds is 7. The Hall–Kier alpha value is -2.91. The molecule has 0 radical (unpaired) electrons. The molecule has 0 spiro atoms. The molecular weight excluding hydrogens is 396 g/mol. The maximum Gasteiger partial charge on any atom is 0.344 e. The van der Waals surface area contributed by atoms with Gasteiger partial charge in [0.2, 0.25) is 5.58 Å². The topological polar surface area (TPSA) is 127 Å². The molecule has 0 saturated heterocycles. The number of nitrogens with zero attached hydrogens (tertiary/aromatic N) is 1. The zero-order chi connectivity index (χ0) is 20.8. The van der Waals surface area contributed by atoms with Crippen LogP contribution in [0.3, 0.4) is 0 Å². The van der Waals surface area contributed by atoms with Crippen LogP contribution in [0.25, 0.3) is 32.9 Å². The second-order valence-corrected chi connectivity index (χ2v) is 8.51. The van der Waals surface area contributed by atoms with E-state index in [1.165, 1.54) is 12.1 Å². The van der Waals surface area contributed by atoms with E-state index in [4.69, 9.17) is 9.52 Å². The second kappa shape index (κ2) is 7.16. The maximum atomic E-state index is 11.4. The highest BCUT2D eigenvalue weighted by atomic mass is 32.2. The van der Waals surface area contributed by atoms with Gasteiger partial charge in [0, 0.05) is 41.3 Å². The van der Waals surface area contributed by atoms with Gasteiger partial charge < -0.3 is 19.1 Å². The van der Waals surface area contributed by atoms with Gasteiger partial charge in [-0.25, -0.2) is 8.42 Å². The molecule has 152 valence electrons. The van der Waals surface area contributed by atoms with Gasteiger partial charge in [0.25, 0.3) is 5.52 Å². The highest BCUT2D eigenvalue weighted by molar-refractivity contribution is 7.85. The number of carbonyl (C=O) groups is 1. The largest absolute Gasteiger partial charge is 0.744 e. The molecule has 0 unspecified atom stereocenters. The lowest BCUT2D eigenvalue weighted by molar-refractivity contribution is -0.683. The zero-order valence-electron chi connectivity index (χ0n) is 15.8. The quantitative estimate of drug-likeness (QED) is 0.270. The fourth-order valence-electron chi connectivity index (χ4n) is 3.73. The summed E-state index contributed by atoms with van der Waals surface area (Å²) >= 11 is 0. The van der Waals surface area contributed by atoms with Crippen molar-refractivity contribution in [2.24, 2.45) is 0 Å². The Balaban J connectivity index is 1.75. The summed E-state index contributed by atoms with van der Waals surface area (Å²) in [5, 5.41) is 10.2. The Morgan fingerprint density at radius 3 is 2.62 bits per heavy atom. The molecule has 0 aliphatic carbocycles.